The van der Waals surface area contributed by atoms with Crippen molar-refractivity contribution >= 4 is 21.4 Å². The summed E-state index contributed by atoms with van der Waals surface area (Å²) in [4.78, 5) is 5.53. The van der Waals surface area contributed by atoms with Crippen LogP contribution in [-0.4, -0.2) is 30.5 Å². The van der Waals surface area contributed by atoms with Gasteiger partial charge in [0.25, 0.3) is 0 Å². The molecule has 1 atom stereocenters. The van der Waals surface area contributed by atoms with Gasteiger partial charge in [-0.05, 0) is 27.2 Å². The number of aromatic nitrogens is 1. The predicted molar refractivity (Wildman–Crippen MR) is 76.5 cm³/mol. The van der Waals surface area contributed by atoms with Gasteiger partial charge >= 0.3 is 0 Å². The van der Waals surface area contributed by atoms with E-state index in [9.17, 15) is 8.42 Å². The SMILES string of the molecule is CCCCS(=O)(=O)N(C)C(C)c1nc(C)sc1C. The molecule has 0 aliphatic carbocycles. The van der Waals surface area contributed by atoms with Crippen molar-refractivity contribution in [2.24, 2.45) is 0 Å². The van der Waals surface area contributed by atoms with Crippen LogP contribution in [0.3, 0.4) is 0 Å². The highest BCUT2D eigenvalue weighted by atomic mass is 32.2. The molecule has 1 unspecified atom stereocenters. The van der Waals surface area contributed by atoms with E-state index in [0.717, 1.165) is 22.0 Å². The Balaban J connectivity index is 2.90. The first-order valence-electron chi connectivity index (χ1n) is 6.19. The van der Waals surface area contributed by atoms with Crippen molar-refractivity contribution in [1.29, 1.82) is 0 Å². The van der Waals surface area contributed by atoms with Crippen molar-refractivity contribution in [3.63, 3.8) is 0 Å². The molecule has 0 aliphatic heterocycles. The highest BCUT2D eigenvalue weighted by molar-refractivity contribution is 7.89. The second-order valence-electron chi connectivity index (χ2n) is 4.54. The number of aryl methyl sites for hydroxylation is 2. The Morgan fingerprint density at radius 1 is 1.39 bits per heavy atom. The second kappa shape index (κ2) is 6.12. The summed E-state index contributed by atoms with van der Waals surface area (Å²) in [5, 5.41) is 0.980. The Hall–Kier alpha value is -0.460. The average molecular weight is 290 g/mol. The predicted octanol–water partition coefficient (Wildman–Crippen LogP) is 2.88. The fourth-order valence-electron chi connectivity index (χ4n) is 1.82. The summed E-state index contributed by atoms with van der Waals surface area (Å²) >= 11 is 1.61. The van der Waals surface area contributed by atoms with Crippen LogP contribution >= 0.6 is 11.3 Å². The lowest BCUT2D eigenvalue weighted by atomic mass is 10.2. The molecular weight excluding hydrogens is 268 g/mol. The molecule has 0 amide bonds. The normalized spacial score (nSPS) is 14.1. The summed E-state index contributed by atoms with van der Waals surface area (Å²) in [6.45, 7) is 7.82. The first-order chi connectivity index (χ1) is 8.29. The number of rotatable bonds is 6. The van der Waals surface area contributed by atoms with E-state index in [2.05, 4.69) is 4.98 Å². The van der Waals surface area contributed by atoms with Crippen molar-refractivity contribution in [2.75, 3.05) is 12.8 Å². The molecule has 104 valence electrons. The maximum absolute atomic E-state index is 12.1. The molecule has 0 aromatic carbocycles. The molecule has 0 spiro atoms. The van der Waals surface area contributed by atoms with Gasteiger partial charge in [0.15, 0.2) is 0 Å². The Morgan fingerprint density at radius 3 is 2.44 bits per heavy atom. The Morgan fingerprint density at radius 2 is 2.00 bits per heavy atom. The van der Waals surface area contributed by atoms with E-state index >= 15 is 0 Å². The van der Waals surface area contributed by atoms with E-state index in [-0.39, 0.29) is 11.8 Å². The van der Waals surface area contributed by atoms with Crippen LogP contribution in [0.5, 0.6) is 0 Å². The summed E-state index contributed by atoms with van der Waals surface area (Å²) in [6, 6.07) is -0.197. The second-order valence-corrected chi connectivity index (χ2v) is 8.09. The molecule has 0 aliphatic rings. The molecule has 1 heterocycles. The summed E-state index contributed by atoms with van der Waals surface area (Å²) in [7, 11) is -1.54. The molecule has 4 nitrogen and oxygen atoms in total. The third-order valence-electron chi connectivity index (χ3n) is 3.08. The van der Waals surface area contributed by atoms with Crippen molar-refractivity contribution in [3.05, 3.63) is 15.6 Å². The van der Waals surface area contributed by atoms with Crippen LogP contribution in [0.25, 0.3) is 0 Å². The molecule has 0 saturated carbocycles. The first kappa shape index (κ1) is 15.6. The number of hydrogen-bond donors (Lipinski definition) is 0. The van der Waals surface area contributed by atoms with Gasteiger partial charge in [-0.25, -0.2) is 13.4 Å². The van der Waals surface area contributed by atoms with Gasteiger partial charge in [0, 0.05) is 11.9 Å². The van der Waals surface area contributed by atoms with Gasteiger partial charge in [0.2, 0.25) is 10.0 Å². The van der Waals surface area contributed by atoms with Crippen LogP contribution in [-0.2, 0) is 10.0 Å². The lowest BCUT2D eigenvalue weighted by Gasteiger charge is -2.23. The van der Waals surface area contributed by atoms with Crippen molar-refractivity contribution in [2.45, 2.75) is 46.6 Å². The summed E-state index contributed by atoms with van der Waals surface area (Å²) in [6.07, 6.45) is 1.59. The molecule has 1 aromatic rings. The van der Waals surface area contributed by atoms with Gasteiger partial charge in [-0.1, -0.05) is 13.3 Å². The summed E-state index contributed by atoms with van der Waals surface area (Å²) in [5.74, 6) is 0.215. The maximum Gasteiger partial charge on any atom is 0.214 e. The van der Waals surface area contributed by atoms with Crippen molar-refractivity contribution in [3.8, 4) is 0 Å². The zero-order valence-electron chi connectivity index (χ0n) is 11.7. The van der Waals surface area contributed by atoms with E-state index in [0.29, 0.717) is 6.42 Å². The molecule has 1 rings (SSSR count). The van der Waals surface area contributed by atoms with E-state index in [4.69, 9.17) is 0 Å². The zero-order valence-corrected chi connectivity index (χ0v) is 13.4. The molecule has 0 radical (unpaired) electrons. The quantitative estimate of drug-likeness (QED) is 0.809. The molecule has 0 bridgehead atoms. The third kappa shape index (κ3) is 3.52. The van der Waals surface area contributed by atoms with Gasteiger partial charge in [-0.2, -0.15) is 4.31 Å². The summed E-state index contributed by atoms with van der Waals surface area (Å²) in [5.41, 5.74) is 0.875. The van der Waals surface area contributed by atoms with Gasteiger partial charge in [-0.15, -0.1) is 11.3 Å². The monoisotopic (exact) mass is 290 g/mol. The number of hydrogen-bond acceptors (Lipinski definition) is 4. The summed E-state index contributed by atoms with van der Waals surface area (Å²) < 4.78 is 25.7. The van der Waals surface area contributed by atoms with Crippen LogP contribution < -0.4 is 0 Å². The lowest BCUT2D eigenvalue weighted by Crippen LogP contribution is -2.32. The number of sulfonamides is 1. The van der Waals surface area contributed by atoms with Gasteiger partial charge in [-0.3, -0.25) is 0 Å². The minimum Gasteiger partial charge on any atom is -0.245 e. The Bertz CT molecular complexity index is 494. The lowest BCUT2D eigenvalue weighted by molar-refractivity contribution is 0.391. The minimum atomic E-state index is -3.18. The topological polar surface area (TPSA) is 50.3 Å². The molecule has 0 saturated heterocycles. The first-order valence-corrected chi connectivity index (χ1v) is 8.61. The average Bonchev–Trinajstić information content (AvgIpc) is 2.64. The van der Waals surface area contributed by atoms with E-state index in [1.807, 2.05) is 27.7 Å². The van der Waals surface area contributed by atoms with Crippen LogP contribution in [0.15, 0.2) is 0 Å². The van der Waals surface area contributed by atoms with Crippen LogP contribution in [0, 0.1) is 13.8 Å². The minimum absolute atomic E-state index is 0.197. The van der Waals surface area contributed by atoms with Gasteiger partial charge in [0.1, 0.15) is 0 Å². The fraction of sp³-hybridized carbons (Fsp3) is 0.750. The maximum atomic E-state index is 12.1. The number of nitrogens with zero attached hydrogens (tertiary/aromatic N) is 2. The molecule has 6 heteroatoms. The van der Waals surface area contributed by atoms with Crippen LogP contribution in [0.1, 0.15) is 48.3 Å². The highest BCUT2D eigenvalue weighted by Gasteiger charge is 2.26. The van der Waals surface area contributed by atoms with E-state index in [1.54, 1.807) is 18.4 Å². The molecule has 1 aromatic heterocycles. The van der Waals surface area contributed by atoms with Gasteiger partial charge in [0.05, 0.1) is 22.5 Å². The van der Waals surface area contributed by atoms with Crippen LogP contribution in [0.4, 0.5) is 0 Å². The van der Waals surface area contributed by atoms with E-state index < -0.39 is 10.0 Å². The van der Waals surface area contributed by atoms with E-state index in [1.165, 1.54) is 4.31 Å². The number of unbranched alkanes of at least 4 members (excludes halogenated alkanes) is 1. The van der Waals surface area contributed by atoms with Crippen molar-refractivity contribution < 1.29 is 8.42 Å². The highest BCUT2D eigenvalue weighted by Crippen LogP contribution is 2.27. The third-order valence-corrected chi connectivity index (χ3v) is 5.98. The van der Waals surface area contributed by atoms with Gasteiger partial charge < -0.3 is 0 Å². The Kier molecular flexibility index (Phi) is 5.31. The van der Waals surface area contributed by atoms with Crippen molar-refractivity contribution in [1.82, 2.24) is 9.29 Å². The fourth-order valence-corrected chi connectivity index (χ4v) is 4.25. The smallest absolute Gasteiger partial charge is 0.214 e. The van der Waals surface area contributed by atoms with Crippen LogP contribution in [0.2, 0.25) is 0 Å². The molecule has 18 heavy (non-hydrogen) atoms. The molecule has 0 N–H and O–H groups in total. The number of thiazole rings is 1. The largest absolute Gasteiger partial charge is 0.245 e. The molecular formula is C12H22N2O2S2. The molecule has 0 fully saturated rings. The zero-order chi connectivity index (χ0) is 13.9. The standard InChI is InChI=1S/C12H22N2O2S2/c1-6-7-8-18(15,16)14(5)9(2)12-10(3)17-11(4)13-12/h9H,6-8H2,1-5H3. The Labute approximate surface area is 114 Å².